The van der Waals surface area contributed by atoms with Crippen LogP contribution in [0, 0.1) is 5.92 Å². The minimum Gasteiger partial charge on any atom is -0.379 e. The Morgan fingerprint density at radius 1 is 1.37 bits per heavy atom. The first kappa shape index (κ1) is 20.1. The first-order chi connectivity index (χ1) is 13.1. The molecule has 0 aliphatic carbocycles. The van der Waals surface area contributed by atoms with E-state index in [-0.39, 0.29) is 12.5 Å². The summed E-state index contributed by atoms with van der Waals surface area (Å²) >= 11 is 1.73. The molecule has 1 aromatic heterocycles. The second-order valence-electron chi connectivity index (χ2n) is 7.37. The third kappa shape index (κ3) is 6.19. The number of rotatable bonds is 6. The highest BCUT2D eigenvalue weighted by atomic mass is 32.1. The highest BCUT2D eigenvalue weighted by Crippen LogP contribution is 2.18. The summed E-state index contributed by atoms with van der Waals surface area (Å²) in [6.45, 7) is 7.79. The van der Waals surface area contributed by atoms with Gasteiger partial charge in [-0.25, -0.2) is 4.99 Å². The van der Waals surface area contributed by atoms with Crippen molar-refractivity contribution in [1.82, 2.24) is 20.0 Å². The van der Waals surface area contributed by atoms with Crippen molar-refractivity contribution in [2.24, 2.45) is 10.9 Å². The van der Waals surface area contributed by atoms with E-state index in [4.69, 9.17) is 4.74 Å². The number of nitrogens with one attached hydrogen (secondary N) is 1. The number of nitrogens with zero attached hydrogens (tertiary/aromatic N) is 4. The number of aliphatic imine (C=N–C) groups is 1. The molecule has 2 saturated heterocycles. The van der Waals surface area contributed by atoms with Gasteiger partial charge < -0.3 is 19.9 Å². The fourth-order valence-electron chi connectivity index (χ4n) is 3.45. The molecule has 3 rings (SSSR count). The van der Waals surface area contributed by atoms with E-state index in [2.05, 4.69) is 37.6 Å². The van der Waals surface area contributed by atoms with Crippen molar-refractivity contribution in [2.45, 2.75) is 13.0 Å². The monoisotopic (exact) mass is 393 g/mol. The molecule has 3 heterocycles. The van der Waals surface area contributed by atoms with E-state index >= 15 is 0 Å². The van der Waals surface area contributed by atoms with Crippen LogP contribution in [-0.4, -0.2) is 93.1 Å². The molecule has 1 unspecified atom stereocenters. The fourth-order valence-corrected chi connectivity index (χ4v) is 4.10. The topological polar surface area (TPSA) is 60.4 Å². The number of guanidine groups is 1. The Morgan fingerprint density at radius 3 is 2.89 bits per heavy atom. The molecule has 7 nitrogen and oxygen atoms in total. The van der Waals surface area contributed by atoms with Crippen LogP contribution in [0.25, 0.3) is 0 Å². The number of hydrogen-bond acceptors (Lipinski definition) is 5. The summed E-state index contributed by atoms with van der Waals surface area (Å²) in [5, 5.41) is 5.55. The van der Waals surface area contributed by atoms with Gasteiger partial charge in [-0.1, -0.05) is 6.07 Å². The summed E-state index contributed by atoms with van der Waals surface area (Å²) in [5.41, 5.74) is 0. The standard InChI is InChI=1S/C19H31N5O2S/c1-22(2)18(25)13-21-19(20-12-17-4-3-11-27-17)24-6-5-16(15-24)14-23-7-9-26-10-8-23/h3-4,11,16H,5-10,12-15H2,1-2H3,(H,20,21). The zero-order valence-corrected chi connectivity index (χ0v) is 17.2. The summed E-state index contributed by atoms with van der Waals surface area (Å²) in [4.78, 5) is 24.3. The van der Waals surface area contributed by atoms with Crippen molar-refractivity contribution >= 4 is 23.2 Å². The Hall–Kier alpha value is -1.64. The lowest BCUT2D eigenvalue weighted by Crippen LogP contribution is -2.42. The molecule has 1 aromatic rings. The van der Waals surface area contributed by atoms with Crippen molar-refractivity contribution in [3.63, 3.8) is 0 Å². The summed E-state index contributed by atoms with van der Waals surface area (Å²) in [7, 11) is 3.54. The number of likely N-dealkylation sites (N-methyl/N-ethyl adjacent to an activating group) is 1. The fraction of sp³-hybridized carbons (Fsp3) is 0.684. The average molecular weight is 394 g/mol. The molecule has 1 atom stereocenters. The smallest absolute Gasteiger partial charge is 0.243 e. The van der Waals surface area contributed by atoms with Gasteiger partial charge in [0.05, 0.1) is 19.8 Å². The maximum absolute atomic E-state index is 12.0. The van der Waals surface area contributed by atoms with Crippen molar-refractivity contribution in [2.75, 3.05) is 66.6 Å². The van der Waals surface area contributed by atoms with Crippen LogP contribution >= 0.6 is 11.3 Å². The van der Waals surface area contributed by atoms with Crippen LogP contribution in [0.15, 0.2) is 22.5 Å². The maximum Gasteiger partial charge on any atom is 0.243 e. The second kappa shape index (κ2) is 10.1. The molecule has 2 aliphatic rings. The molecule has 150 valence electrons. The van der Waals surface area contributed by atoms with Crippen molar-refractivity contribution in [1.29, 1.82) is 0 Å². The van der Waals surface area contributed by atoms with E-state index in [9.17, 15) is 4.79 Å². The van der Waals surface area contributed by atoms with Crippen LogP contribution in [-0.2, 0) is 16.1 Å². The molecule has 0 spiro atoms. The zero-order chi connectivity index (χ0) is 19.1. The largest absolute Gasteiger partial charge is 0.379 e. The summed E-state index contributed by atoms with van der Waals surface area (Å²) in [6.07, 6.45) is 1.17. The number of amides is 1. The third-order valence-electron chi connectivity index (χ3n) is 5.07. The Kier molecular flexibility index (Phi) is 7.49. The van der Waals surface area contributed by atoms with E-state index in [0.29, 0.717) is 5.92 Å². The summed E-state index contributed by atoms with van der Waals surface area (Å²) in [6, 6.07) is 4.17. The highest BCUT2D eigenvalue weighted by molar-refractivity contribution is 7.09. The van der Waals surface area contributed by atoms with Gasteiger partial charge in [-0.15, -0.1) is 11.3 Å². The van der Waals surface area contributed by atoms with Gasteiger partial charge in [0.25, 0.3) is 0 Å². The molecule has 27 heavy (non-hydrogen) atoms. The molecule has 0 aromatic carbocycles. The van der Waals surface area contributed by atoms with E-state index < -0.39 is 0 Å². The van der Waals surface area contributed by atoms with Gasteiger partial charge in [-0.05, 0) is 23.8 Å². The molecule has 0 saturated carbocycles. The molecule has 8 heteroatoms. The van der Waals surface area contributed by atoms with E-state index in [1.165, 1.54) is 11.3 Å². The summed E-state index contributed by atoms with van der Waals surface area (Å²) < 4.78 is 5.45. The Morgan fingerprint density at radius 2 is 2.19 bits per heavy atom. The third-order valence-corrected chi connectivity index (χ3v) is 5.95. The lowest BCUT2D eigenvalue weighted by atomic mass is 10.1. The number of carbonyl (C=O) groups excluding carboxylic acids is 1. The number of carbonyl (C=O) groups is 1. The Balaban J connectivity index is 1.57. The number of ether oxygens (including phenoxy) is 1. The lowest BCUT2D eigenvalue weighted by molar-refractivity contribution is -0.127. The number of thiophene rings is 1. The van der Waals surface area contributed by atoms with Gasteiger partial charge in [-0.2, -0.15) is 0 Å². The molecular weight excluding hydrogens is 362 g/mol. The molecule has 0 radical (unpaired) electrons. The number of morpholine rings is 1. The van der Waals surface area contributed by atoms with Gasteiger partial charge in [0.15, 0.2) is 5.96 Å². The van der Waals surface area contributed by atoms with Gasteiger partial charge in [-0.3, -0.25) is 9.69 Å². The molecule has 0 bridgehead atoms. The summed E-state index contributed by atoms with van der Waals surface area (Å²) in [5.74, 6) is 1.51. The minimum absolute atomic E-state index is 0.0227. The predicted molar refractivity (Wildman–Crippen MR) is 109 cm³/mol. The number of hydrogen-bond donors (Lipinski definition) is 1. The van der Waals surface area contributed by atoms with Crippen molar-refractivity contribution in [3.05, 3.63) is 22.4 Å². The molecule has 2 fully saturated rings. The van der Waals surface area contributed by atoms with Crippen molar-refractivity contribution < 1.29 is 9.53 Å². The molecular formula is C19H31N5O2S. The van der Waals surface area contributed by atoms with Crippen LogP contribution in [0.5, 0.6) is 0 Å². The Labute approximate surface area is 166 Å². The zero-order valence-electron chi connectivity index (χ0n) is 16.4. The molecule has 1 amide bonds. The minimum atomic E-state index is 0.0227. The van der Waals surface area contributed by atoms with Crippen LogP contribution in [0.2, 0.25) is 0 Å². The Bertz CT molecular complexity index is 614. The lowest BCUT2D eigenvalue weighted by Gasteiger charge is -2.29. The van der Waals surface area contributed by atoms with Gasteiger partial charge >= 0.3 is 0 Å². The molecule has 1 N–H and O–H groups in total. The average Bonchev–Trinajstić information content (AvgIpc) is 3.34. The van der Waals surface area contributed by atoms with Gasteiger partial charge in [0, 0.05) is 51.7 Å². The predicted octanol–water partition coefficient (Wildman–Crippen LogP) is 0.936. The van der Waals surface area contributed by atoms with Crippen LogP contribution < -0.4 is 5.32 Å². The van der Waals surface area contributed by atoms with Crippen LogP contribution in [0.1, 0.15) is 11.3 Å². The molecule has 2 aliphatic heterocycles. The van der Waals surface area contributed by atoms with Crippen LogP contribution in [0.4, 0.5) is 0 Å². The van der Waals surface area contributed by atoms with E-state index in [1.807, 2.05) is 0 Å². The van der Waals surface area contributed by atoms with Gasteiger partial charge in [0.2, 0.25) is 5.91 Å². The first-order valence-corrected chi connectivity index (χ1v) is 10.6. The number of likely N-dealkylation sites (tertiary alicyclic amines) is 1. The van der Waals surface area contributed by atoms with Gasteiger partial charge in [0.1, 0.15) is 6.54 Å². The normalized spacial score (nSPS) is 21.5. The van der Waals surface area contributed by atoms with Crippen LogP contribution in [0.3, 0.4) is 0 Å². The van der Waals surface area contributed by atoms with E-state index in [0.717, 1.165) is 58.4 Å². The quantitative estimate of drug-likeness (QED) is 0.576. The first-order valence-electron chi connectivity index (χ1n) is 9.67. The maximum atomic E-state index is 12.0. The second-order valence-corrected chi connectivity index (χ2v) is 8.41. The highest BCUT2D eigenvalue weighted by Gasteiger charge is 2.27. The van der Waals surface area contributed by atoms with E-state index in [1.54, 1.807) is 30.3 Å². The SMILES string of the molecule is CN(C)C(=O)CN=C(NCc1cccs1)N1CCC(CN2CCOCC2)C1. The van der Waals surface area contributed by atoms with Crippen molar-refractivity contribution in [3.8, 4) is 0 Å².